The van der Waals surface area contributed by atoms with Gasteiger partial charge in [0.25, 0.3) is 0 Å². The first-order valence-corrected chi connectivity index (χ1v) is 16.2. The van der Waals surface area contributed by atoms with E-state index in [2.05, 4.69) is 60.1 Å². The molecule has 3 atom stereocenters. The first-order valence-electron chi connectivity index (χ1n) is 16.2. The number of fused-ring (bicyclic) bond motifs is 1. The predicted molar refractivity (Wildman–Crippen MR) is 168 cm³/mol. The molecule has 1 fully saturated rings. The minimum Gasteiger partial charge on any atom is -0.542 e. The zero-order valence-electron chi connectivity index (χ0n) is 27.8. The molecule has 1 saturated heterocycles. The number of unbranched alkanes of at least 4 members (excludes halogenated alkanes) is 2. The van der Waals surface area contributed by atoms with E-state index in [0.717, 1.165) is 55.9 Å². The van der Waals surface area contributed by atoms with Crippen LogP contribution in [0.4, 0.5) is 26.3 Å². The van der Waals surface area contributed by atoms with Gasteiger partial charge >= 0.3 is 12.4 Å². The summed E-state index contributed by atoms with van der Waals surface area (Å²) in [5, 5.41) is 25.3. The summed E-state index contributed by atoms with van der Waals surface area (Å²) in [5.41, 5.74) is 2.18. The predicted octanol–water partition coefficient (Wildman–Crippen LogP) is 1.30. The second kappa shape index (κ2) is 19.8. The number of halogens is 6. The second-order valence-corrected chi connectivity index (χ2v) is 12.1. The molecule has 2 aliphatic rings. The lowest BCUT2D eigenvalue weighted by Crippen LogP contribution is -3.10. The van der Waals surface area contributed by atoms with Crippen molar-refractivity contribution in [3.63, 3.8) is 0 Å². The summed E-state index contributed by atoms with van der Waals surface area (Å²) in [5.74, 6) is -4.46. The molecule has 276 valence electrons. The van der Waals surface area contributed by atoms with Crippen LogP contribution < -0.4 is 25.7 Å². The monoisotopic (exact) mass is 716 g/mol. The van der Waals surface area contributed by atoms with Crippen molar-refractivity contribution in [2.24, 2.45) is 16.8 Å². The number of carbonyl (C=O) groups excluding carboxylic acids is 4. The van der Waals surface area contributed by atoms with E-state index in [1.807, 2.05) is 13.1 Å². The third kappa shape index (κ3) is 14.7. The molecule has 16 heteroatoms. The van der Waals surface area contributed by atoms with Gasteiger partial charge in [0, 0.05) is 30.9 Å². The Hall–Kier alpha value is -4.31. The Balaban J connectivity index is 0.000000521. The van der Waals surface area contributed by atoms with E-state index >= 15 is 0 Å². The van der Waals surface area contributed by atoms with Gasteiger partial charge in [-0.15, -0.1) is 0 Å². The van der Waals surface area contributed by atoms with Crippen LogP contribution in [0.15, 0.2) is 53.7 Å². The Bertz CT molecular complexity index is 1500. The van der Waals surface area contributed by atoms with Crippen molar-refractivity contribution in [3.8, 4) is 0 Å². The number of carbonyl (C=O) groups is 4. The minimum atomic E-state index is -5.19. The van der Waals surface area contributed by atoms with Gasteiger partial charge in [0.05, 0.1) is 26.3 Å². The fourth-order valence-electron chi connectivity index (χ4n) is 5.46. The molecule has 3 unspecified atom stereocenters. The summed E-state index contributed by atoms with van der Waals surface area (Å²) in [6, 6.07) is 14.8. The highest BCUT2D eigenvalue weighted by atomic mass is 19.4. The summed E-state index contributed by atoms with van der Waals surface area (Å²) in [4.78, 5) is 48.9. The van der Waals surface area contributed by atoms with Gasteiger partial charge in [0.1, 0.15) is 23.6 Å². The van der Waals surface area contributed by atoms with Gasteiger partial charge in [0.2, 0.25) is 11.7 Å². The third-order valence-electron chi connectivity index (χ3n) is 8.14. The molecule has 2 heterocycles. The van der Waals surface area contributed by atoms with Crippen molar-refractivity contribution < 1.29 is 66.0 Å². The number of likely N-dealkylation sites (tertiary alicyclic amines) is 1. The third-order valence-corrected chi connectivity index (χ3v) is 8.14. The van der Waals surface area contributed by atoms with Gasteiger partial charge in [0.15, 0.2) is 5.70 Å². The van der Waals surface area contributed by atoms with Crippen molar-refractivity contribution in [1.29, 1.82) is 0 Å². The number of piperidine rings is 1. The summed E-state index contributed by atoms with van der Waals surface area (Å²) in [6.45, 7) is 5.01. The normalized spacial score (nSPS) is 18.0. The molecule has 0 radical (unpaired) electrons. The van der Waals surface area contributed by atoms with E-state index in [0.29, 0.717) is 24.5 Å². The minimum absolute atomic E-state index is 0.0889. The topological polar surface area (TPSA) is 160 Å². The summed E-state index contributed by atoms with van der Waals surface area (Å²) >= 11 is 0. The van der Waals surface area contributed by atoms with Crippen LogP contribution in [0.5, 0.6) is 0 Å². The van der Waals surface area contributed by atoms with Crippen molar-refractivity contribution in [1.82, 2.24) is 5.32 Å². The lowest BCUT2D eigenvalue weighted by Gasteiger charge is -2.27. The Kier molecular flexibility index (Phi) is 16.6. The Morgan fingerprint density at radius 1 is 0.960 bits per heavy atom. The smallest absolute Gasteiger partial charge is 0.430 e. The molecule has 0 spiro atoms. The van der Waals surface area contributed by atoms with E-state index in [1.165, 1.54) is 30.2 Å². The van der Waals surface area contributed by atoms with Crippen molar-refractivity contribution in [2.75, 3.05) is 26.7 Å². The van der Waals surface area contributed by atoms with Crippen LogP contribution in [-0.2, 0) is 19.2 Å². The summed E-state index contributed by atoms with van der Waals surface area (Å²) < 4.78 is 63.1. The number of carboxylic acid groups (broad SMARTS) is 2. The number of ketones is 1. The number of benzene rings is 2. The highest BCUT2D eigenvalue weighted by Gasteiger charge is 2.33. The number of rotatable bonds is 12. The number of hydrogen-bond acceptors (Lipinski definition) is 7. The second-order valence-electron chi connectivity index (χ2n) is 12.1. The molecule has 0 aliphatic carbocycles. The van der Waals surface area contributed by atoms with Gasteiger partial charge in [-0.3, -0.25) is 14.9 Å². The average molecular weight is 717 g/mol. The molecule has 4 N–H and O–H groups in total. The van der Waals surface area contributed by atoms with Gasteiger partial charge in [-0.05, 0) is 48.6 Å². The standard InChI is InChI=1S/C30H40N4O2.2C2HF3O2/c1-3-26(35)13-5-4-6-14-27(30(36)32-19-22-10-9-17-34(2)21-22)29-31-20-28(33-29)25-16-15-23-11-7-8-12-24(23)18-25;2*3-2(4,5)1(6)7/h7-8,11-12,15-16,18,20,22,27H,3-6,9-10,13-14,17,19,21H2,1-2H3,(H,31,33)(H,32,36);2*(H,6,7). The maximum Gasteiger partial charge on any atom is 0.430 e. The van der Waals surface area contributed by atoms with E-state index in [1.54, 1.807) is 4.90 Å². The molecule has 2 aromatic carbocycles. The van der Waals surface area contributed by atoms with Crippen LogP contribution in [0, 0.1) is 11.8 Å². The molecule has 4 rings (SSSR count). The number of aliphatic imine (C=N–C) groups is 1. The van der Waals surface area contributed by atoms with E-state index in [9.17, 15) is 35.9 Å². The lowest BCUT2D eigenvalue weighted by molar-refractivity contribution is -0.888. The zero-order valence-corrected chi connectivity index (χ0v) is 27.8. The number of nitrogens with one attached hydrogen (secondary N) is 2. The number of aliphatic carboxylic acids is 2. The molecular formula is C34H42F6N4O6. The number of amidine groups is 1. The number of quaternary nitrogens is 2. The van der Waals surface area contributed by atoms with Crippen molar-refractivity contribution in [3.05, 3.63) is 54.2 Å². The molecular weight excluding hydrogens is 674 g/mol. The van der Waals surface area contributed by atoms with Crippen LogP contribution >= 0.6 is 0 Å². The average Bonchev–Trinajstić information content (AvgIpc) is 3.54. The summed E-state index contributed by atoms with van der Waals surface area (Å²) in [7, 11) is 2.24. The largest absolute Gasteiger partial charge is 0.542 e. The van der Waals surface area contributed by atoms with Gasteiger partial charge in [-0.1, -0.05) is 50.1 Å². The fraction of sp³-hybridized carbons (Fsp3) is 0.500. The highest BCUT2D eigenvalue weighted by molar-refractivity contribution is 6.01. The molecule has 10 nitrogen and oxygen atoms in total. The van der Waals surface area contributed by atoms with Gasteiger partial charge < -0.3 is 30.0 Å². The Labute approximate surface area is 285 Å². The Morgan fingerprint density at radius 3 is 2.16 bits per heavy atom. The van der Waals surface area contributed by atoms with Crippen LogP contribution in [0.3, 0.4) is 0 Å². The maximum absolute atomic E-state index is 13.4. The lowest BCUT2D eigenvalue weighted by atomic mass is 9.95. The number of alkyl halides is 6. The molecule has 2 aromatic rings. The quantitative estimate of drug-likeness (QED) is 0.222. The fourth-order valence-corrected chi connectivity index (χ4v) is 5.46. The number of hydrogen-bond donors (Lipinski definition) is 3. The van der Waals surface area contributed by atoms with Crippen LogP contribution in [0.1, 0.15) is 63.9 Å². The first kappa shape index (κ1) is 41.9. The molecule has 1 amide bonds. The zero-order chi connectivity index (χ0) is 37.5. The molecule has 50 heavy (non-hydrogen) atoms. The van der Waals surface area contributed by atoms with Crippen molar-refractivity contribution >= 4 is 45.9 Å². The number of carboxylic acids is 2. The number of nitrogens with two attached hydrogens (primary N) is 1. The number of Topliss-reactive ketones (excluding diaryl/α,β-unsaturated/α-hetero) is 1. The molecule has 0 aromatic heterocycles. The highest BCUT2D eigenvalue weighted by Crippen LogP contribution is 2.21. The molecule has 2 aliphatic heterocycles. The SMILES string of the molecule is CCC(=O)CCCCCC(C(=O)NCC1CCC[NH+](C)C1)C1=NC=C(c2ccc3ccccc3c2)[NH2+]1.O=C([O-])C(F)(F)F.O=C([O-])C(F)(F)F. The first-order chi connectivity index (χ1) is 23.4. The Morgan fingerprint density at radius 2 is 1.58 bits per heavy atom. The van der Waals surface area contributed by atoms with E-state index in [4.69, 9.17) is 24.8 Å². The van der Waals surface area contributed by atoms with Crippen LogP contribution in [0.25, 0.3) is 16.5 Å². The van der Waals surface area contributed by atoms with Gasteiger partial charge in [-0.2, -0.15) is 26.3 Å². The molecule has 0 saturated carbocycles. The van der Waals surface area contributed by atoms with Crippen LogP contribution in [-0.4, -0.2) is 68.5 Å². The maximum atomic E-state index is 13.4. The van der Waals surface area contributed by atoms with E-state index < -0.39 is 24.3 Å². The molecule has 0 bridgehead atoms. The number of amides is 1. The summed E-state index contributed by atoms with van der Waals surface area (Å²) in [6.07, 6.45) is -1.28. The van der Waals surface area contributed by atoms with Crippen molar-refractivity contribution in [2.45, 2.75) is 70.6 Å². The van der Waals surface area contributed by atoms with E-state index in [-0.39, 0.29) is 11.8 Å². The number of nitrogens with zero attached hydrogens (tertiary/aromatic N) is 1. The van der Waals surface area contributed by atoms with Gasteiger partial charge in [-0.25, -0.2) is 4.99 Å². The van der Waals surface area contributed by atoms with Crippen LogP contribution in [0.2, 0.25) is 0 Å².